The van der Waals surface area contributed by atoms with Crippen molar-refractivity contribution < 1.29 is 19.4 Å². The molecule has 0 bridgehead atoms. The number of hydrogen-bond donors (Lipinski definition) is 2. The van der Waals surface area contributed by atoms with Crippen molar-refractivity contribution in [1.29, 1.82) is 0 Å². The van der Waals surface area contributed by atoms with E-state index in [1.54, 1.807) is 12.3 Å². The Kier molecular flexibility index (Phi) is 3.38. The van der Waals surface area contributed by atoms with Gasteiger partial charge in [0.15, 0.2) is 6.10 Å². The van der Waals surface area contributed by atoms with Gasteiger partial charge in [-0.25, -0.2) is 4.79 Å². The molecule has 2 rings (SSSR count). The predicted molar refractivity (Wildman–Crippen MR) is 56.2 cm³/mol. The zero-order valence-electron chi connectivity index (χ0n) is 9.13. The molecule has 2 N–H and O–H groups in total. The summed E-state index contributed by atoms with van der Waals surface area (Å²) in [6, 6.07) is 1.72. The first-order valence-corrected chi connectivity index (χ1v) is 5.27. The van der Waals surface area contributed by atoms with Crippen LogP contribution in [0.1, 0.15) is 5.69 Å². The summed E-state index contributed by atoms with van der Waals surface area (Å²) in [6.45, 7) is 0.782. The van der Waals surface area contributed by atoms with Crippen molar-refractivity contribution in [3.63, 3.8) is 0 Å². The third-order valence-corrected chi connectivity index (χ3v) is 2.59. The van der Waals surface area contributed by atoms with E-state index in [9.17, 15) is 9.59 Å². The van der Waals surface area contributed by atoms with E-state index >= 15 is 0 Å². The van der Waals surface area contributed by atoms with Crippen LogP contribution in [0.3, 0.4) is 0 Å². The highest BCUT2D eigenvalue weighted by molar-refractivity contribution is 5.80. The van der Waals surface area contributed by atoms with Gasteiger partial charge in [-0.1, -0.05) is 0 Å². The number of aliphatic carboxylic acids is 1. The van der Waals surface area contributed by atoms with E-state index in [0.29, 0.717) is 12.2 Å². The second kappa shape index (κ2) is 4.96. The minimum Gasteiger partial charge on any atom is -0.479 e. The summed E-state index contributed by atoms with van der Waals surface area (Å²) in [5.41, 5.74) is 0.716. The largest absolute Gasteiger partial charge is 0.479 e. The molecule has 1 amide bonds. The lowest BCUT2D eigenvalue weighted by atomic mass is 10.2. The maximum atomic E-state index is 11.9. The molecule has 1 atom stereocenters. The molecule has 1 aromatic rings. The van der Waals surface area contributed by atoms with Gasteiger partial charge in [-0.2, -0.15) is 5.10 Å². The van der Waals surface area contributed by atoms with Crippen LogP contribution in [0.5, 0.6) is 0 Å². The van der Waals surface area contributed by atoms with Crippen molar-refractivity contribution in [3.8, 4) is 0 Å². The Morgan fingerprint density at radius 2 is 2.47 bits per heavy atom. The fourth-order valence-electron chi connectivity index (χ4n) is 1.68. The highest BCUT2D eigenvalue weighted by Crippen LogP contribution is 2.07. The molecule has 1 aromatic heterocycles. The van der Waals surface area contributed by atoms with Gasteiger partial charge in [0.05, 0.1) is 19.6 Å². The van der Waals surface area contributed by atoms with Crippen molar-refractivity contribution in [2.75, 3.05) is 19.7 Å². The van der Waals surface area contributed by atoms with Gasteiger partial charge in [-0.3, -0.25) is 9.89 Å². The first kappa shape index (κ1) is 11.6. The molecule has 0 spiro atoms. The maximum Gasteiger partial charge on any atom is 0.334 e. The molecule has 0 aliphatic carbocycles. The Hall–Kier alpha value is -1.89. The Morgan fingerprint density at radius 3 is 3.12 bits per heavy atom. The van der Waals surface area contributed by atoms with Gasteiger partial charge in [0.2, 0.25) is 5.91 Å². The summed E-state index contributed by atoms with van der Waals surface area (Å²) in [5.74, 6) is -1.16. The number of rotatable bonds is 3. The van der Waals surface area contributed by atoms with E-state index in [0.717, 1.165) is 0 Å². The standard InChI is InChI=1S/C10H13N3O4/c14-9(5-7-1-2-11-12-7)13-3-4-17-8(6-13)10(15)16/h1-2,8H,3-6H2,(H,11,12)(H,15,16). The molecular formula is C10H13N3O4. The molecule has 0 radical (unpaired) electrons. The van der Waals surface area contributed by atoms with Gasteiger partial charge >= 0.3 is 5.97 Å². The predicted octanol–water partition coefficient (Wildman–Crippen LogP) is -0.736. The second-order valence-corrected chi connectivity index (χ2v) is 3.80. The first-order valence-electron chi connectivity index (χ1n) is 5.27. The van der Waals surface area contributed by atoms with Gasteiger partial charge < -0.3 is 14.7 Å². The van der Waals surface area contributed by atoms with Gasteiger partial charge in [0.25, 0.3) is 0 Å². The molecule has 2 heterocycles. The fraction of sp³-hybridized carbons (Fsp3) is 0.500. The Balaban J connectivity index is 1.93. The van der Waals surface area contributed by atoms with Crippen LogP contribution in [0.15, 0.2) is 12.3 Å². The molecule has 0 aromatic carbocycles. The van der Waals surface area contributed by atoms with Gasteiger partial charge in [0, 0.05) is 18.4 Å². The van der Waals surface area contributed by atoms with Crippen molar-refractivity contribution >= 4 is 11.9 Å². The van der Waals surface area contributed by atoms with Crippen LogP contribution < -0.4 is 0 Å². The SMILES string of the molecule is O=C(O)C1CN(C(=O)Cc2ccn[nH]2)CCO1. The molecular weight excluding hydrogens is 226 g/mol. The van der Waals surface area contributed by atoms with Gasteiger partial charge in [0.1, 0.15) is 0 Å². The molecule has 0 saturated carbocycles. The molecule has 92 valence electrons. The normalized spacial score (nSPS) is 20.2. The highest BCUT2D eigenvalue weighted by Gasteiger charge is 2.28. The van der Waals surface area contributed by atoms with Gasteiger partial charge in [-0.15, -0.1) is 0 Å². The minimum atomic E-state index is -1.04. The third kappa shape index (κ3) is 2.82. The zero-order chi connectivity index (χ0) is 12.3. The number of carboxylic acids is 1. The average molecular weight is 239 g/mol. The monoisotopic (exact) mass is 239 g/mol. The number of aromatic nitrogens is 2. The van der Waals surface area contributed by atoms with Crippen LogP contribution in [-0.4, -0.2) is 57.9 Å². The first-order chi connectivity index (χ1) is 8.16. The summed E-state index contributed by atoms with van der Waals surface area (Å²) in [4.78, 5) is 24.1. The maximum absolute atomic E-state index is 11.9. The lowest BCUT2D eigenvalue weighted by Gasteiger charge is -2.30. The number of amides is 1. The van der Waals surface area contributed by atoms with E-state index in [1.165, 1.54) is 4.90 Å². The van der Waals surface area contributed by atoms with Crippen LogP contribution in [-0.2, 0) is 20.7 Å². The van der Waals surface area contributed by atoms with Crippen molar-refractivity contribution in [3.05, 3.63) is 18.0 Å². The van der Waals surface area contributed by atoms with Crippen molar-refractivity contribution in [2.45, 2.75) is 12.5 Å². The number of hydrogen-bond acceptors (Lipinski definition) is 4. The molecule has 1 aliphatic rings. The Morgan fingerprint density at radius 1 is 1.65 bits per heavy atom. The molecule has 1 saturated heterocycles. The lowest BCUT2D eigenvalue weighted by Crippen LogP contribution is -2.49. The number of carbonyl (C=O) groups excluding carboxylic acids is 1. The number of carbonyl (C=O) groups is 2. The van der Waals surface area contributed by atoms with Crippen LogP contribution in [0.2, 0.25) is 0 Å². The second-order valence-electron chi connectivity index (χ2n) is 3.80. The van der Waals surface area contributed by atoms with E-state index in [1.807, 2.05) is 0 Å². The fourth-order valence-corrected chi connectivity index (χ4v) is 1.68. The van der Waals surface area contributed by atoms with E-state index in [2.05, 4.69) is 10.2 Å². The van der Waals surface area contributed by atoms with E-state index in [-0.39, 0.29) is 25.5 Å². The summed E-state index contributed by atoms with van der Waals surface area (Å²) in [5, 5.41) is 15.3. The third-order valence-electron chi connectivity index (χ3n) is 2.59. The Bertz CT molecular complexity index is 404. The number of carboxylic acid groups (broad SMARTS) is 1. The topological polar surface area (TPSA) is 95.5 Å². The molecule has 1 aliphatic heterocycles. The summed E-state index contributed by atoms with van der Waals surface area (Å²) in [7, 11) is 0. The number of morpholine rings is 1. The van der Waals surface area contributed by atoms with Crippen LogP contribution in [0, 0.1) is 0 Å². The van der Waals surface area contributed by atoms with E-state index in [4.69, 9.17) is 9.84 Å². The van der Waals surface area contributed by atoms with Crippen LogP contribution in [0.4, 0.5) is 0 Å². The van der Waals surface area contributed by atoms with Crippen molar-refractivity contribution in [1.82, 2.24) is 15.1 Å². The number of ether oxygens (including phenoxy) is 1. The smallest absolute Gasteiger partial charge is 0.334 e. The average Bonchev–Trinajstić information content (AvgIpc) is 2.82. The van der Waals surface area contributed by atoms with Gasteiger partial charge in [-0.05, 0) is 6.07 Å². The number of H-pyrrole nitrogens is 1. The molecule has 1 unspecified atom stereocenters. The summed E-state index contributed by atoms with van der Waals surface area (Å²) in [6.07, 6.45) is 0.850. The molecule has 7 heteroatoms. The molecule has 17 heavy (non-hydrogen) atoms. The quantitative estimate of drug-likeness (QED) is 0.724. The summed E-state index contributed by atoms with van der Waals surface area (Å²) < 4.78 is 5.04. The number of aromatic amines is 1. The van der Waals surface area contributed by atoms with E-state index < -0.39 is 12.1 Å². The minimum absolute atomic E-state index is 0.0995. The lowest BCUT2D eigenvalue weighted by molar-refractivity contribution is -0.159. The van der Waals surface area contributed by atoms with Crippen LogP contribution in [0.25, 0.3) is 0 Å². The number of nitrogens with one attached hydrogen (secondary N) is 1. The Labute approximate surface area is 97.4 Å². The molecule has 7 nitrogen and oxygen atoms in total. The zero-order valence-corrected chi connectivity index (χ0v) is 9.13. The summed E-state index contributed by atoms with van der Waals surface area (Å²) >= 11 is 0. The van der Waals surface area contributed by atoms with Crippen LogP contribution >= 0.6 is 0 Å². The van der Waals surface area contributed by atoms with Crippen molar-refractivity contribution in [2.24, 2.45) is 0 Å². The molecule has 1 fully saturated rings. The number of nitrogens with zero attached hydrogens (tertiary/aromatic N) is 2. The highest BCUT2D eigenvalue weighted by atomic mass is 16.5.